The lowest BCUT2D eigenvalue weighted by atomic mass is 9.98. The molecule has 3 saturated heterocycles. The number of aromatic nitrogens is 1. The lowest BCUT2D eigenvalue weighted by Gasteiger charge is -2.39. The first-order valence-corrected chi connectivity index (χ1v) is 15.4. The maximum Gasteiger partial charge on any atom is 0.335 e. The number of ether oxygens (including phenoxy) is 1. The Balaban J connectivity index is 1.07. The third-order valence-electron chi connectivity index (χ3n) is 8.52. The zero-order valence-corrected chi connectivity index (χ0v) is 24.2. The van der Waals surface area contributed by atoms with Crippen molar-refractivity contribution in [3.05, 3.63) is 89.4 Å². The van der Waals surface area contributed by atoms with Gasteiger partial charge in [0.15, 0.2) is 0 Å². The highest BCUT2D eigenvalue weighted by Crippen LogP contribution is 2.37. The number of rotatable bonds is 8. The minimum absolute atomic E-state index is 0.0736. The molecule has 6 rings (SSSR count). The monoisotopic (exact) mass is 590 g/mol. The quantitative estimate of drug-likeness (QED) is 0.361. The smallest absolute Gasteiger partial charge is 0.335 e. The standard InChI is InChI=1S/C32H35FN4O4S/c33-25-3-1-2-24(18-25)29-21-36(26-12-16-41-17-13-26)32(40)37(29)27-10-14-35(15-11-27)20-22-4-9-30(34-19-22)42-28-7-5-23(6-8-28)31(38)39/h1-9,18-19,26-27,29H,10-17,20-21H2,(H,38,39). The van der Waals surface area contributed by atoms with E-state index in [9.17, 15) is 14.0 Å². The van der Waals surface area contributed by atoms with E-state index in [0.29, 0.717) is 19.8 Å². The van der Waals surface area contributed by atoms with Crippen LogP contribution in [0.1, 0.15) is 53.2 Å². The Bertz CT molecular complexity index is 1390. The number of aromatic carboxylic acids is 1. The summed E-state index contributed by atoms with van der Waals surface area (Å²) < 4.78 is 19.7. The third-order valence-corrected chi connectivity index (χ3v) is 9.47. The Kier molecular flexibility index (Phi) is 8.73. The van der Waals surface area contributed by atoms with Crippen molar-refractivity contribution < 1.29 is 23.8 Å². The van der Waals surface area contributed by atoms with Crippen LogP contribution in [0.25, 0.3) is 0 Å². The molecule has 0 saturated carbocycles. The van der Waals surface area contributed by atoms with Gasteiger partial charge in [0.05, 0.1) is 11.6 Å². The number of nitrogens with zero attached hydrogens (tertiary/aromatic N) is 4. The number of hydrogen-bond acceptors (Lipinski definition) is 6. The first-order chi connectivity index (χ1) is 20.4. The first kappa shape index (κ1) is 28.6. The average Bonchev–Trinajstić information content (AvgIpc) is 3.36. The van der Waals surface area contributed by atoms with Gasteiger partial charge in [-0.2, -0.15) is 0 Å². The number of carbonyl (C=O) groups is 2. The normalized spacial score (nSPS) is 20.8. The van der Waals surface area contributed by atoms with Gasteiger partial charge >= 0.3 is 12.0 Å². The fraction of sp³-hybridized carbons (Fsp3) is 0.406. The summed E-state index contributed by atoms with van der Waals surface area (Å²) in [5, 5.41) is 9.93. The summed E-state index contributed by atoms with van der Waals surface area (Å²) in [5.74, 6) is -1.21. The van der Waals surface area contributed by atoms with Gasteiger partial charge in [-0.1, -0.05) is 30.0 Å². The number of urea groups is 1. The third kappa shape index (κ3) is 6.45. The number of piperidine rings is 1. The van der Waals surface area contributed by atoms with E-state index < -0.39 is 5.97 Å². The highest BCUT2D eigenvalue weighted by atomic mass is 32.2. The number of likely N-dealkylation sites (tertiary alicyclic amines) is 1. The van der Waals surface area contributed by atoms with Crippen molar-refractivity contribution in [2.75, 3.05) is 32.8 Å². The topological polar surface area (TPSA) is 86.2 Å². The number of carboxylic acid groups (broad SMARTS) is 1. The fourth-order valence-corrected chi connectivity index (χ4v) is 7.05. The fourth-order valence-electron chi connectivity index (χ4n) is 6.29. The molecule has 2 aromatic carbocycles. The highest BCUT2D eigenvalue weighted by molar-refractivity contribution is 7.99. The summed E-state index contributed by atoms with van der Waals surface area (Å²) in [4.78, 5) is 36.9. The minimum atomic E-state index is -0.937. The van der Waals surface area contributed by atoms with Crippen LogP contribution in [0.4, 0.5) is 9.18 Å². The van der Waals surface area contributed by atoms with Crippen LogP contribution in [0.15, 0.2) is 76.8 Å². The molecule has 4 heterocycles. The van der Waals surface area contributed by atoms with Crippen LogP contribution in [0.5, 0.6) is 0 Å². The molecule has 1 atom stereocenters. The lowest BCUT2D eigenvalue weighted by molar-refractivity contribution is 0.0493. The SMILES string of the molecule is O=C(O)c1ccc(Sc2ccc(CN3CCC(N4C(=O)N(C5CCOCC5)CC4c4cccc(F)c4)CC3)cn2)cc1. The van der Waals surface area contributed by atoms with Crippen molar-refractivity contribution in [1.82, 2.24) is 19.7 Å². The number of pyridine rings is 1. The van der Waals surface area contributed by atoms with E-state index in [-0.39, 0.29) is 35.5 Å². The average molecular weight is 591 g/mol. The number of hydrogen-bond donors (Lipinski definition) is 1. The molecule has 10 heteroatoms. The number of benzene rings is 2. The second-order valence-corrected chi connectivity index (χ2v) is 12.3. The molecule has 3 aromatic rings. The molecule has 0 bridgehead atoms. The summed E-state index contributed by atoms with van der Waals surface area (Å²) in [6, 6.07) is 17.8. The Labute approximate surface area is 249 Å². The second kappa shape index (κ2) is 12.8. The van der Waals surface area contributed by atoms with E-state index in [4.69, 9.17) is 9.84 Å². The van der Waals surface area contributed by atoms with Crippen molar-refractivity contribution in [1.29, 1.82) is 0 Å². The van der Waals surface area contributed by atoms with E-state index in [0.717, 1.165) is 66.4 Å². The highest BCUT2D eigenvalue weighted by Gasteiger charge is 2.45. The molecule has 0 aliphatic carbocycles. The van der Waals surface area contributed by atoms with Gasteiger partial charge in [-0.05, 0) is 79.3 Å². The number of amides is 2. The molecule has 1 unspecified atom stereocenters. The predicted molar refractivity (Wildman–Crippen MR) is 157 cm³/mol. The Morgan fingerprint density at radius 3 is 2.43 bits per heavy atom. The van der Waals surface area contributed by atoms with Gasteiger partial charge in [-0.15, -0.1) is 0 Å². The second-order valence-electron chi connectivity index (χ2n) is 11.2. The molecule has 42 heavy (non-hydrogen) atoms. The Morgan fingerprint density at radius 2 is 1.76 bits per heavy atom. The Morgan fingerprint density at radius 1 is 1.00 bits per heavy atom. The van der Waals surface area contributed by atoms with Gasteiger partial charge < -0.3 is 19.6 Å². The van der Waals surface area contributed by atoms with Gasteiger partial charge in [0, 0.05) is 62.6 Å². The maximum atomic E-state index is 14.2. The zero-order chi connectivity index (χ0) is 29.1. The molecule has 1 aromatic heterocycles. The van der Waals surface area contributed by atoms with Crippen LogP contribution in [0.3, 0.4) is 0 Å². The first-order valence-electron chi connectivity index (χ1n) is 14.6. The molecule has 2 amide bonds. The van der Waals surface area contributed by atoms with Crippen LogP contribution in [0, 0.1) is 5.82 Å². The van der Waals surface area contributed by atoms with Gasteiger partial charge in [0.1, 0.15) is 10.8 Å². The predicted octanol–water partition coefficient (Wildman–Crippen LogP) is 5.69. The van der Waals surface area contributed by atoms with Crippen molar-refractivity contribution >= 4 is 23.8 Å². The van der Waals surface area contributed by atoms with E-state index in [1.165, 1.54) is 17.8 Å². The molecule has 3 aliphatic rings. The molecule has 1 N–H and O–H groups in total. The van der Waals surface area contributed by atoms with Crippen molar-refractivity contribution in [2.45, 2.75) is 60.3 Å². The van der Waals surface area contributed by atoms with Crippen LogP contribution < -0.4 is 0 Å². The molecule has 220 valence electrons. The van der Waals surface area contributed by atoms with Crippen molar-refractivity contribution in [3.8, 4) is 0 Å². The van der Waals surface area contributed by atoms with E-state index in [2.05, 4.69) is 16.0 Å². The summed E-state index contributed by atoms with van der Waals surface area (Å²) >= 11 is 1.50. The molecule has 0 spiro atoms. The van der Waals surface area contributed by atoms with E-state index in [1.807, 2.05) is 28.1 Å². The lowest BCUT2D eigenvalue weighted by Crippen LogP contribution is -2.48. The van der Waals surface area contributed by atoms with Crippen LogP contribution in [-0.2, 0) is 11.3 Å². The summed E-state index contributed by atoms with van der Waals surface area (Å²) in [6.45, 7) is 4.46. The van der Waals surface area contributed by atoms with Crippen LogP contribution in [0.2, 0.25) is 0 Å². The van der Waals surface area contributed by atoms with E-state index >= 15 is 0 Å². The van der Waals surface area contributed by atoms with Crippen LogP contribution in [-0.4, -0.2) is 81.7 Å². The van der Waals surface area contributed by atoms with E-state index in [1.54, 1.807) is 36.4 Å². The molecule has 3 fully saturated rings. The summed E-state index contributed by atoms with van der Waals surface area (Å²) in [6.07, 6.45) is 5.32. The minimum Gasteiger partial charge on any atom is -0.478 e. The summed E-state index contributed by atoms with van der Waals surface area (Å²) in [7, 11) is 0. The van der Waals surface area contributed by atoms with Crippen molar-refractivity contribution in [3.63, 3.8) is 0 Å². The number of carboxylic acids is 1. The summed E-state index contributed by atoms with van der Waals surface area (Å²) in [5.41, 5.74) is 2.25. The Hall–Kier alpha value is -3.47. The van der Waals surface area contributed by atoms with Crippen molar-refractivity contribution in [2.24, 2.45) is 0 Å². The van der Waals surface area contributed by atoms with Gasteiger partial charge in [0.2, 0.25) is 0 Å². The van der Waals surface area contributed by atoms with Gasteiger partial charge in [-0.3, -0.25) is 4.90 Å². The molecular weight excluding hydrogens is 555 g/mol. The van der Waals surface area contributed by atoms with Crippen LogP contribution >= 0.6 is 11.8 Å². The largest absolute Gasteiger partial charge is 0.478 e. The zero-order valence-electron chi connectivity index (χ0n) is 23.4. The number of carbonyl (C=O) groups excluding carboxylic acids is 1. The number of halogens is 1. The van der Waals surface area contributed by atoms with Gasteiger partial charge in [-0.25, -0.2) is 19.0 Å². The molecule has 3 aliphatic heterocycles. The van der Waals surface area contributed by atoms with Gasteiger partial charge in [0.25, 0.3) is 0 Å². The molecular formula is C32H35FN4O4S. The molecule has 0 radical (unpaired) electrons. The maximum absolute atomic E-state index is 14.2. The molecule has 8 nitrogen and oxygen atoms in total.